The molecule has 41 heavy (non-hydrogen) atoms. The molecule has 0 bridgehead atoms. The van der Waals surface area contributed by atoms with E-state index in [1.807, 2.05) is 49.6 Å². The number of amides is 1. The van der Waals surface area contributed by atoms with Crippen LogP contribution < -0.4 is 10.9 Å². The third-order valence-corrected chi connectivity index (χ3v) is 8.63. The van der Waals surface area contributed by atoms with Crippen molar-refractivity contribution in [2.75, 3.05) is 19.6 Å². The van der Waals surface area contributed by atoms with Crippen LogP contribution in [-0.2, 0) is 17.6 Å². The smallest absolute Gasteiger partial charge is 0.322 e. The Kier molecular flexibility index (Phi) is 8.40. The van der Waals surface area contributed by atoms with E-state index in [9.17, 15) is 19.5 Å². The van der Waals surface area contributed by atoms with Crippen molar-refractivity contribution in [3.63, 3.8) is 0 Å². The highest BCUT2D eigenvalue weighted by molar-refractivity contribution is 7.13. The van der Waals surface area contributed by atoms with Crippen LogP contribution in [-0.4, -0.2) is 57.1 Å². The number of rotatable bonds is 7. The van der Waals surface area contributed by atoms with E-state index in [0.29, 0.717) is 58.5 Å². The minimum absolute atomic E-state index is 0.0335. The number of aromatic nitrogens is 2. The molecule has 2 aromatic heterocycles. The van der Waals surface area contributed by atoms with Crippen molar-refractivity contribution >= 4 is 34.8 Å². The summed E-state index contributed by atoms with van der Waals surface area (Å²) < 4.78 is 1.65. The van der Waals surface area contributed by atoms with Gasteiger partial charge in [-0.05, 0) is 49.1 Å². The van der Waals surface area contributed by atoms with Crippen LogP contribution >= 0.6 is 22.9 Å². The molecule has 1 saturated heterocycles. The lowest BCUT2D eigenvalue weighted by Gasteiger charge is -2.32. The van der Waals surface area contributed by atoms with Crippen molar-refractivity contribution in [2.24, 2.45) is 0 Å². The predicted octanol–water partition coefficient (Wildman–Crippen LogP) is 5.21. The average Bonchev–Trinajstić information content (AvgIpc) is 3.47. The summed E-state index contributed by atoms with van der Waals surface area (Å²) in [5, 5.41) is 15.5. The van der Waals surface area contributed by atoms with Gasteiger partial charge in [0.15, 0.2) is 0 Å². The maximum atomic E-state index is 14.3. The number of aliphatic carboxylic acids is 1. The Labute approximate surface area is 247 Å². The Hall–Kier alpha value is -3.79. The lowest BCUT2D eigenvalue weighted by atomic mass is 10.0. The van der Waals surface area contributed by atoms with Crippen LogP contribution in [0.1, 0.15) is 41.0 Å². The highest BCUT2D eigenvalue weighted by Gasteiger charge is 2.31. The largest absolute Gasteiger partial charge is 0.480 e. The van der Waals surface area contributed by atoms with E-state index < -0.39 is 12.0 Å². The number of nitrogens with one attached hydrogen (secondary N) is 1. The normalized spacial score (nSPS) is 15.2. The van der Waals surface area contributed by atoms with Crippen LogP contribution in [0.3, 0.4) is 0 Å². The van der Waals surface area contributed by atoms with Crippen molar-refractivity contribution in [1.82, 2.24) is 19.8 Å². The molecule has 0 radical (unpaired) electrons. The molecule has 1 aliphatic rings. The molecule has 8 nitrogen and oxygen atoms in total. The number of carboxylic acids is 1. The molecule has 10 heteroatoms. The van der Waals surface area contributed by atoms with Gasteiger partial charge in [0.1, 0.15) is 11.0 Å². The summed E-state index contributed by atoms with van der Waals surface area (Å²) >= 11 is 7.40. The number of hydrogen-bond acceptors (Lipinski definition) is 6. The zero-order valence-corrected chi connectivity index (χ0v) is 24.7. The van der Waals surface area contributed by atoms with Gasteiger partial charge in [0.25, 0.3) is 11.5 Å². The van der Waals surface area contributed by atoms with Gasteiger partial charge < -0.3 is 15.3 Å². The molecule has 0 aliphatic carbocycles. The van der Waals surface area contributed by atoms with Gasteiger partial charge in [0, 0.05) is 41.3 Å². The Morgan fingerprint density at radius 2 is 1.80 bits per heavy atom. The van der Waals surface area contributed by atoms with Crippen molar-refractivity contribution in [1.29, 1.82) is 0 Å². The zero-order valence-electron chi connectivity index (χ0n) is 23.1. The zero-order chi connectivity index (χ0) is 29.3. The maximum Gasteiger partial charge on any atom is 0.322 e. The summed E-state index contributed by atoms with van der Waals surface area (Å²) in [6, 6.07) is 14.1. The number of carboxylic acid groups (broad SMARTS) is 1. The molecule has 2 N–H and O–H groups in total. The lowest BCUT2D eigenvalue weighted by molar-refractivity contribution is -0.140. The number of aryl methyl sites for hydroxylation is 2. The van der Waals surface area contributed by atoms with Gasteiger partial charge >= 0.3 is 5.97 Å². The molecular formula is C31H31ClN4O4S. The first-order valence-corrected chi connectivity index (χ1v) is 14.8. The first-order valence-electron chi connectivity index (χ1n) is 13.6. The van der Waals surface area contributed by atoms with Gasteiger partial charge in [0.2, 0.25) is 0 Å². The SMILES string of the molecule is CCc1cccc(CC)c1-n1c(C)c(C(=O)N2CCN[C@@H](C(=O)O)C2)cc(-c2nc(-c3ccc(Cl)cc3)cs2)c1=O. The number of carbonyl (C=O) groups is 2. The lowest BCUT2D eigenvalue weighted by Crippen LogP contribution is -2.55. The second-order valence-corrected chi connectivity index (χ2v) is 11.3. The number of hydrogen-bond donors (Lipinski definition) is 2. The highest BCUT2D eigenvalue weighted by atomic mass is 35.5. The Morgan fingerprint density at radius 3 is 2.44 bits per heavy atom. The summed E-state index contributed by atoms with van der Waals surface area (Å²) in [4.78, 5) is 46.3. The molecule has 4 aromatic rings. The monoisotopic (exact) mass is 590 g/mol. The Balaban J connectivity index is 1.71. The topological polar surface area (TPSA) is 105 Å². The number of halogens is 1. The van der Waals surface area contributed by atoms with Gasteiger partial charge in [-0.2, -0.15) is 0 Å². The molecule has 1 aliphatic heterocycles. The van der Waals surface area contributed by atoms with Gasteiger partial charge in [-0.15, -0.1) is 11.3 Å². The van der Waals surface area contributed by atoms with Crippen LogP contribution in [0.5, 0.6) is 0 Å². The Bertz CT molecular complexity index is 1660. The van der Waals surface area contributed by atoms with Crippen LogP contribution in [0.2, 0.25) is 5.02 Å². The van der Waals surface area contributed by atoms with E-state index in [4.69, 9.17) is 16.6 Å². The highest BCUT2D eigenvalue weighted by Crippen LogP contribution is 2.31. The number of pyridine rings is 1. The molecule has 2 aromatic carbocycles. The Morgan fingerprint density at radius 1 is 1.12 bits per heavy atom. The number of para-hydroxylation sites is 1. The first-order chi connectivity index (χ1) is 19.7. The van der Waals surface area contributed by atoms with Crippen LogP contribution in [0.25, 0.3) is 27.5 Å². The van der Waals surface area contributed by atoms with E-state index in [1.165, 1.54) is 11.3 Å². The minimum atomic E-state index is -1.01. The van der Waals surface area contributed by atoms with Crippen molar-refractivity contribution in [3.05, 3.63) is 91.7 Å². The molecular weight excluding hydrogens is 560 g/mol. The first kappa shape index (κ1) is 28.7. The molecule has 212 valence electrons. The van der Waals surface area contributed by atoms with E-state index in [2.05, 4.69) is 5.32 Å². The number of carbonyl (C=O) groups excluding carboxylic acids is 1. The molecule has 0 spiro atoms. The van der Waals surface area contributed by atoms with Crippen molar-refractivity contribution in [2.45, 2.75) is 39.7 Å². The van der Waals surface area contributed by atoms with Gasteiger partial charge in [-0.25, -0.2) is 4.98 Å². The number of piperazine rings is 1. The summed E-state index contributed by atoms with van der Waals surface area (Å²) in [6.07, 6.45) is 1.41. The standard InChI is InChI=1S/C31H31ClN4O4S/c1-4-19-7-6-8-20(5-2)27(19)36-18(3)23(29(37)35-14-13-33-25(16-35)31(39)40)15-24(30(36)38)28-34-26(17-41-28)21-9-11-22(32)12-10-21/h6-12,15,17,25,33H,4-5,13-14,16H2,1-3H3,(H,39,40)/t25-/m1/s1. The molecule has 0 unspecified atom stereocenters. The van der Waals surface area contributed by atoms with Crippen LogP contribution in [0.15, 0.2) is 58.7 Å². The van der Waals surface area contributed by atoms with Gasteiger partial charge in [-0.3, -0.25) is 19.0 Å². The number of benzene rings is 2. The van der Waals surface area contributed by atoms with Crippen molar-refractivity contribution in [3.8, 4) is 27.5 Å². The predicted molar refractivity (Wildman–Crippen MR) is 162 cm³/mol. The molecule has 1 atom stereocenters. The molecule has 1 fully saturated rings. The average molecular weight is 591 g/mol. The van der Waals surface area contributed by atoms with Crippen LogP contribution in [0, 0.1) is 6.92 Å². The van der Waals surface area contributed by atoms with E-state index in [0.717, 1.165) is 22.4 Å². The summed E-state index contributed by atoms with van der Waals surface area (Å²) in [6.45, 7) is 6.62. The third-order valence-electron chi connectivity index (χ3n) is 7.50. The minimum Gasteiger partial charge on any atom is -0.480 e. The summed E-state index contributed by atoms with van der Waals surface area (Å²) in [7, 11) is 0. The van der Waals surface area contributed by atoms with Crippen LogP contribution in [0.4, 0.5) is 0 Å². The summed E-state index contributed by atoms with van der Waals surface area (Å²) in [5.74, 6) is -1.32. The fourth-order valence-corrected chi connectivity index (χ4v) is 6.23. The third kappa shape index (κ3) is 5.57. The fraction of sp³-hybridized carbons (Fsp3) is 0.290. The van der Waals surface area contributed by atoms with E-state index in [1.54, 1.807) is 34.6 Å². The molecule has 5 rings (SSSR count). The summed E-state index contributed by atoms with van der Waals surface area (Å²) in [5.41, 5.74) is 5.28. The number of thiazole rings is 1. The van der Waals surface area contributed by atoms with Crippen molar-refractivity contribution < 1.29 is 14.7 Å². The molecule has 0 saturated carbocycles. The molecule has 1 amide bonds. The fourth-order valence-electron chi connectivity index (χ4n) is 5.27. The second-order valence-electron chi connectivity index (χ2n) is 9.97. The van der Waals surface area contributed by atoms with Gasteiger partial charge in [-0.1, -0.05) is 55.8 Å². The van der Waals surface area contributed by atoms with Gasteiger partial charge in [0.05, 0.1) is 22.5 Å². The second kappa shape index (κ2) is 12.0. The van der Waals surface area contributed by atoms with E-state index in [-0.39, 0.29) is 18.0 Å². The van der Waals surface area contributed by atoms with E-state index >= 15 is 0 Å². The quantitative estimate of drug-likeness (QED) is 0.306. The molecule has 3 heterocycles. The maximum absolute atomic E-state index is 14.3. The number of nitrogens with zero attached hydrogens (tertiary/aromatic N) is 3.